The van der Waals surface area contributed by atoms with E-state index < -0.39 is 15.9 Å². The van der Waals surface area contributed by atoms with Crippen molar-refractivity contribution in [2.45, 2.75) is 39.0 Å². The lowest BCUT2D eigenvalue weighted by atomic mass is 10.1. The Kier molecular flexibility index (Phi) is 8.42. The summed E-state index contributed by atoms with van der Waals surface area (Å²) in [6.07, 6.45) is 0.458. The van der Waals surface area contributed by atoms with Crippen LogP contribution in [0, 0.1) is 27.7 Å². The van der Waals surface area contributed by atoms with E-state index in [0.29, 0.717) is 40.3 Å². The van der Waals surface area contributed by atoms with Crippen LogP contribution in [0.3, 0.4) is 0 Å². The number of carbonyl (C=O) groups excluding carboxylic acids is 1. The maximum absolute atomic E-state index is 13.9. The molecule has 1 aromatic heterocycles. The molecular formula is C30H32N4O4S. The molecule has 2 N–H and O–H groups in total. The van der Waals surface area contributed by atoms with Crippen LogP contribution in [0.2, 0.25) is 0 Å². The second-order valence-corrected chi connectivity index (χ2v) is 11.5. The molecule has 4 aromatic rings. The fourth-order valence-corrected chi connectivity index (χ4v) is 6.51. The highest BCUT2D eigenvalue weighted by Gasteiger charge is 2.29. The van der Waals surface area contributed by atoms with Crippen LogP contribution in [0.5, 0.6) is 0 Å². The van der Waals surface area contributed by atoms with Crippen molar-refractivity contribution in [2.24, 2.45) is 0 Å². The Balaban J connectivity index is 1.60. The van der Waals surface area contributed by atoms with E-state index in [1.807, 2.05) is 49.4 Å². The van der Waals surface area contributed by atoms with Crippen molar-refractivity contribution < 1.29 is 13.2 Å². The zero-order valence-corrected chi connectivity index (χ0v) is 23.3. The molecule has 0 saturated carbocycles. The molecule has 0 aliphatic rings. The number of hydrogen-bond donors (Lipinski definition) is 2. The van der Waals surface area contributed by atoms with Gasteiger partial charge < -0.3 is 10.3 Å². The summed E-state index contributed by atoms with van der Waals surface area (Å²) >= 11 is 0. The van der Waals surface area contributed by atoms with E-state index in [1.54, 1.807) is 45.0 Å². The third-order valence-electron chi connectivity index (χ3n) is 6.30. The van der Waals surface area contributed by atoms with E-state index in [9.17, 15) is 18.0 Å². The first-order valence-electron chi connectivity index (χ1n) is 12.6. The lowest BCUT2D eigenvalue weighted by molar-refractivity contribution is -0.116. The van der Waals surface area contributed by atoms with Gasteiger partial charge in [-0.2, -0.15) is 4.31 Å². The van der Waals surface area contributed by atoms with Crippen LogP contribution in [-0.4, -0.2) is 41.7 Å². The highest BCUT2D eigenvalue weighted by atomic mass is 32.2. The van der Waals surface area contributed by atoms with Gasteiger partial charge in [-0.1, -0.05) is 60.2 Å². The summed E-state index contributed by atoms with van der Waals surface area (Å²) in [7, 11) is -3.97. The molecule has 0 atom stereocenters. The predicted octanol–water partition coefficient (Wildman–Crippen LogP) is 4.54. The van der Waals surface area contributed by atoms with E-state index in [0.717, 1.165) is 11.1 Å². The van der Waals surface area contributed by atoms with Crippen molar-refractivity contribution in [3.8, 4) is 11.4 Å². The van der Waals surface area contributed by atoms with Gasteiger partial charge in [0.1, 0.15) is 5.82 Å². The maximum Gasteiger partial charge on any atom is 0.251 e. The molecule has 0 unspecified atom stereocenters. The SMILES string of the molecule is Cc1cc(C)c(S(=O)(=O)N(CCc2ccccc2)CC(=O)Nc2cccc(-c3nc(C)cc(=O)[nH]3)c2)c(C)c1. The maximum atomic E-state index is 13.9. The minimum atomic E-state index is -3.97. The number of anilines is 1. The first kappa shape index (κ1) is 27.9. The Hall–Kier alpha value is -4.08. The Morgan fingerprint density at radius 2 is 1.62 bits per heavy atom. The van der Waals surface area contributed by atoms with E-state index in [2.05, 4.69) is 15.3 Å². The summed E-state index contributed by atoms with van der Waals surface area (Å²) in [4.78, 5) is 32.4. The quantitative estimate of drug-likeness (QED) is 0.321. The molecule has 1 heterocycles. The van der Waals surface area contributed by atoms with Crippen molar-refractivity contribution in [1.82, 2.24) is 14.3 Å². The number of rotatable bonds is 9. The van der Waals surface area contributed by atoms with Crippen LogP contribution in [-0.2, 0) is 21.2 Å². The highest BCUT2D eigenvalue weighted by Crippen LogP contribution is 2.26. The molecule has 0 radical (unpaired) electrons. The van der Waals surface area contributed by atoms with Gasteiger partial charge in [-0.05, 0) is 62.9 Å². The normalized spacial score (nSPS) is 11.5. The smallest absolute Gasteiger partial charge is 0.251 e. The van der Waals surface area contributed by atoms with Gasteiger partial charge in [-0.25, -0.2) is 13.4 Å². The second-order valence-electron chi connectivity index (χ2n) is 9.67. The van der Waals surface area contributed by atoms with Gasteiger partial charge in [0, 0.05) is 29.6 Å². The standard InChI is InChI=1S/C30H32N4O4S/c1-20-15-21(2)29(22(3)16-20)39(37,38)34(14-13-24-9-6-5-7-10-24)19-28(36)32-26-12-8-11-25(18-26)30-31-23(4)17-27(35)33-30/h5-12,15-18H,13-14,19H2,1-4H3,(H,32,36)(H,31,33,35). The monoisotopic (exact) mass is 544 g/mol. The second kappa shape index (κ2) is 11.8. The molecule has 1 amide bonds. The number of amides is 1. The molecule has 0 saturated heterocycles. The third-order valence-corrected chi connectivity index (χ3v) is 8.46. The number of benzene rings is 3. The van der Waals surface area contributed by atoms with E-state index in [1.165, 1.54) is 10.4 Å². The van der Waals surface area contributed by atoms with Crippen LogP contribution in [0.4, 0.5) is 5.69 Å². The number of sulfonamides is 1. The zero-order chi connectivity index (χ0) is 28.2. The molecular weight excluding hydrogens is 512 g/mol. The predicted molar refractivity (Wildman–Crippen MR) is 153 cm³/mol. The summed E-state index contributed by atoms with van der Waals surface area (Å²) in [5.41, 5.74) is 4.62. The van der Waals surface area contributed by atoms with E-state index in [-0.39, 0.29) is 23.5 Å². The Bertz CT molecular complexity index is 1640. The number of aryl methyl sites for hydroxylation is 4. The fraction of sp³-hybridized carbons (Fsp3) is 0.233. The first-order chi connectivity index (χ1) is 18.5. The van der Waals surface area contributed by atoms with E-state index in [4.69, 9.17) is 0 Å². The Morgan fingerprint density at radius 3 is 2.28 bits per heavy atom. The number of nitrogens with one attached hydrogen (secondary N) is 2. The molecule has 39 heavy (non-hydrogen) atoms. The number of aromatic amines is 1. The number of carbonyl (C=O) groups is 1. The largest absolute Gasteiger partial charge is 0.325 e. The summed E-state index contributed by atoms with van der Waals surface area (Å²) in [6, 6.07) is 21.5. The van der Waals surface area contributed by atoms with Gasteiger partial charge in [0.25, 0.3) is 5.56 Å². The minimum absolute atomic E-state index is 0.140. The Morgan fingerprint density at radius 1 is 0.923 bits per heavy atom. The highest BCUT2D eigenvalue weighted by molar-refractivity contribution is 7.89. The number of H-pyrrole nitrogens is 1. The van der Waals surface area contributed by atoms with Crippen LogP contribution in [0.15, 0.2) is 82.5 Å². The minimum Gasteiger partial charge on any atom is -0.325 e. The summed E-state index contributed by atoms with van der Waals surface area (Å²) in [5.74, 6) is -0.0922. The van der Waals surface area contributed by atoms with Crippen LogP contribution in [0.25, 0.3) is 11.4 Å². The van der Waals surface area contributed by atoms with Gasteiger partial charge in [0.15, 0.2) is 0 Å². The van der Waals surface area contributed by atoms with Gasteiger partial charge in [0.05, 0.1) is 11.4 Å². The summed E-state index contributed by atoms with van der Waals surface area (Å²) in [6.45, 7) is 6.99. The summed E-state index contributed by atoms with van der Waals surface area (Å²) in [5, 5.41) is 2.81. The van der Waals surface area contributed by atoms with Crippen molar-refractivity contribution in [2.75, 3.05) is 18.4 Å². The molecule has 0 aliphatic heterocycles. The number of hydrogen-bond acceptors (Lipinski definition) is 5. The average Bonchev–Trinajstić information content (AvgIpc) is 2.86. The van der Waals surface area contributed by atoms with Crippen LogP contribution >= 0.6 is 0 Å². The van der Waals surface area contributed by atoms with Crippen LogP contribution < -0.4 is 10.9 Å². The van der Waals surface area contributed by atoms with Gasteiger partial charge in [-0.3, -0.25) is 9.59 Å². The Labute approximate surface area is 228 Å². The number of aromatic nitrogens is 2. The molecule has 9 heteroatoms. The third kappa shape index (κ3) is 6.87. The molecule has 0 fully saturated rings. The number of nitrogens with zero attached hydrogens (tertiary/aromatic N) is 2. The zero-order valence-electron chi connectivity index (χ0n) is 22.5. The van der Waals surface area contributed by atoms with Crippen molar-refractivity contribution in [3.63, 3.8) is 0 Å². The van der Waals surface area contributed by atoms with Crippen molar-refractivity contribution >= 4 is 21.6 Å². The lowest BCUT2D eigenvalue weighted by Gasteiger charge is -2.24. The van der Waals surface area contributed by atoms with Crippen LogP contribution in [0.1, 0.15) is 27.9 Å². The molecule has 202 valence electrons. The molecule has 0 bridgehead atoms. The topological polar surface area (TPSA) is 112 Å². The average molecular weight is 545 g/mol. The molecule has 4 rings (SSSR count). The van der Waals surface area contributed by atoms with Gasteiger partial charge in [-0.15, -0.1) is 0 Å². The molecule has 8 nitrogen and oxygen atoms in total. The molecule has 0 aliphatic carbocycles. The van der Waals surface area contributed by atoms with Gasteiger partial charge >= 0.3 is 0 Å². The summed E-state index contributed by atoms with van der Waals surface area (Å²) < 4.78 is 29.0. The lowest BCUT2D eigenvalue weighted by Crippen LogP contribution is -2.39. The molecule has 3 aromatic carbocycles. The van der Waals surface area contributed by atoms with Gasteiger partial charge in [0.2, 0.25) is 15.9 Å². The fourth-order valence-electron chi connectivity index (χ4n) is 4.71. The first-order valence-corrected chi connectivity index (χ1v) is 14.1. The van der Waals surface area contributed by atoms with E-state index >= 15 is 0 Å². The van der Waals surface area contributed by atoms with Crippen molar-refractivity contribution in [3.05, 3.63) is 111 Å². The molecule has 0 spiro atoms. The van der Waals surface area contributed by atoms with Crippen molar-refractivity contribution in [1.29, 1.82) is 0 Å².